The third-order valence-corrected chi connectivity index (χ3v) is 8.53. The number of para-hydroxylation sites is 1. The molecule has 194 valence electrons. The molecule has 5 rings (SSSR count). The van der Waals surface area contributed by atoms with Crippen LogP contribution in [0.5, 0.6) is 0 Å². The average Bonchev–Trinajstić information content (AvgIpc) is 3.23. The van der Waals surface area contributed by atoms with Gasteiger partial charge in [0.25, 0.3) is 0 Å². The van der Waals surface area contributed by atoms with Crippen LogP contribution in [0.1, 0.15) is 83.5 Å². The minimum Gasteiger partial charge on any atom is -0.345 e. The molecule has 1 aliphatic heterocycles. The highest BCUT2D eigenvalue weighted by molar-refractivity contribution is 5.93. The lowest BCUT2D eigenvalue weighted by Gasteiger charge is -2.53. The van der Waals surface area contributed by atoms with Gasteiger partial charge in [-0.15, -0.1) is 0 Å². The Kier molecular flexibility index (Phi) is 6.74. The third kappa shape index (κ3) is 4.84. The van der Waals surface area contributed by atoms with E-state index in [2.05, 4.69) is 20.6 Å². The number of benzene rings is 1. The van der Waals surface area contributed by atoms with Crippen molar-refractivity contribution in [1.29, 1.82) is 0 Å². The van der Waals surface area contributed by atoms with Crippen LogP contribution in [0.15, 0.2) is 18.2 Å². The number of nitrogens with one attached hydrogen (secondary N) is 3. The fourth-order valence-corrected chi connectivity index (χ4v) is 6.12. The lowest BCUT2D eigenvalue weighted by Crippen LogP contribution is -2.55. The summed E-state index contributed by atoms with van der Waals surface area (Å²) in [6.07, 6.45) is 8.22. The molecule has 2 heterocycles. The maximum Gasteiger partial charge on any atom is 0.243 e. The predicted molar refractivity (Wildman–Crippen MR) is 133 cm³/mol. The number of fused-ring (bicyclic) bond motifs is 1. The summed E-state index contributed by atoms with van der Waals surface area (Å²) in [5.41, 5.74) is 1.09. The summed E-state index contributed by atoms with van der Waals surface area (Å²) < 4.78 is 14.1. The molecule has 0 radical (unpaired) electrons. The molecule has 2 aromatic rings. The number of amides is 3. The van der Waals surface area contributed by atoms with Crippen molar-refractivity contribution in [1.82, 2.24) is 25.5 Å². The average molecular weight is 498 g/mol. The molecule has 9 heteroatoms. The van der Waals surface area contributed by atoms with Crippen molar-refractivity contribution in [2.75, 3.05) is 6.54 Å². The van der Waals surface area contributed by atoms with Gasteiger partial charge in [-0.2, -0.15) is 0 Å². The summed E-state index contributed by atoms with van der Waals surface area (Å²) in [4.78, 5) is 48.7. The summed E-state index contributed by atoms with van der Waals surface area (Å²) in [5, 5.41) is 5.77. The van der Waals surface area contributed by atoms with E-state index in [1.807, 2.05) is 11.8 Å². The number of likely N-dealkylation sites (tertiary alicyclic amines) is 1. The molecule has 3 atom stereocenters. The second-order valence-corrected chi connectivity index (χ2v) is 11.1. The molecular weight excluding hydrogens is 461 g/mol. The Labute approximate surface area is 210 Å². The minimum absolute atomic E-state index is 0.0821. The topological polar surface area (TPSA) is 107 Å². The number of aromatic amines is 1. The molecule has 1 spiro atoms. The third-order valence-electron chi connectivity index (χ3n) is 8.53. The van der Waals surface area contributed by atoms with Gasteiger partial charge >= 0.3 is 0 Å². The van der Waals surface area contributed by atoms with Crippen LogP contribution < -0.4 is 10.6 Å². The Morgan fingerprint density at radius 3 is 2.64 bits per heavy atom. The molecule has 2 aliphatic carbocycles. The smallest absolute Gasteiger partial charge is 0.243 e. The molecule has 8 nitrogen and oxygen atoms in total. The van der Waals surface area contributed by atoms with Gasteiger partial charge in [-0.25, -0.2) is 9.37 Å². The molecule has 1 aromatic carbocycles. The van der Waals surface area contributed by atoms with Gasteiger partial charge in [0.2, 0.25) is 17.7 Å². The molecule has 1 aromatic heterocycles. The Balaban J connectivity index is 1.27. The maximum absolute atomic E-state index is 14.1. The van der Waals surface area contributed by atoms with Crippen molar-refractivity contribution in [3.05, 3.63) is 29.8 Å². The number of imidazole rings is 1. The molecule has 2 saturated carbocycles. The zero-order chi connectivity index (χ0) is 25.4. The number of piperidine rings is 1. The number of nitrogens with zero attached hydrogens (tertiary/aromatic N) is 2. The number of carbonyl (C=O) groups is 3. The monoisotopic (exact) mass is 497 g/mol. The van der Waals surface area contributed by atoms with Gasteiger partial charge in [0, 0.05) is 18.5 Å². The summed E-state index contributed by atoms with van der Waals surface area (Å²) in [6.45, 7) is 4.45. The molecule has 36 heavy (non-hydrogen) atoms. The Bertz CT molecular complexity index is 1150. The van der Waals surface area contributed by atoms with E-state index in [1.54, 1.807) is 19.1 Å². The van der Waals surface area contributed by atoms with Gasteiger partial charge < -0.3 is 20.5 Å². The zero-order valence-corrected chi connectivity index (χ0v) is 21.1. The van der Waals surface area contributed by atoms with Crippen LogP contribution in [0, 0.1) is 17.2 Å². The van der Waals surface area contributed by atoms with Crippen LogP contribution in [0.4, 0.5) is 4.39 Å². The van der Waals surface area contributed by atoms with Crippen molar-refractivity contribution in [2.24, 2.45) is 11.3 Å². The maximum atomic E-state index is 14.1. The second-order valence-electron chi connectivity index (χ2n) is 11.1. The molecule has 3 N–H and O–H groups in total. The van der Waals surface area contributed by atoms with E-state index in [9.17, 15) is 18.8 Å². The van der Waals surface area contributed by atoms with Crippen LogP contribution in [0.2, 0.25) is 0 Å². The molecule has 3 fully saturated rings. The quantitative estimate of drug-likeness (QED) is 0.542. The van der Waals surface area contributed by atoms with E-state index >= 15 is 0 Å². The Hall–Kier alpha value is -2.97. The molecule has 0 bridgehead atoms. The number of rotatable bonds is 7. The van der Waals surface area contributed by atoms with E-state index in [-0.39, 0.29) is 35.7 Å². The number of hydrogen-bond donors (Lipinski definition) is 3. The highest BCUT2D eigenvalue weighted by atomic mass is 19.1. The predicted octanol–water partition coefficient (Wildman–Crippen LogP) is 3.74. The molecule has 3 amide bonds. The van der Waals surface area contributed by atoms with Gasteiger partial charge in [-0.05, 0) is 76.3 Å². The summed E-state index contributed by atoms with van der Waals surface area (Å²) in [5.74, 6) is -0.830. The van der Waals surface area contributed by atoms with Crippen LogP contribution in [0.3, 0.4) is 0 Å². The number of carbonyl (C=O) groups excluding carboxylic acids is 3. The Morgan fingerprint density at radius 2 is 1.97 bits per heavy atom. The van der Waals surface area contributed by atoms with E-state index in [4.69, 9.17) is 0 Å². The lowest BCUT2D eigenvalue weighted by atomic mass is 9.51. The van der Waals surface area contributed by atoms with Crippen molar-refractivity contribution in [2.45, 2.75) is 89.8 Å². The summed E-state index contributed by atoms with van der Waals surface area (Å²) >= 11 is 0. The van der Waals surface area contributed by atoms with Crippen molar-refractivity contribution in [3.63, 3.8) is 0 Å². The molecule has 1 saturated heterocycles. The van der Waals surface area contributed by atoms with Gasteiger partial charge in [-0.3, -0.25) is 14.4 Å². The zero-order valence-electron chi connectivity index (χ0n) is 21.1. The van der Waals surface area contributed by atoms with Gasteiger partial charge in [0.1, 0.15) is 17.4 Å². The highest BCUT2D eigenvalue weighted by Crippen LogP contribution is 2.58. The number of hydrogen-bond acceptors (Lipinski definition) is 4. The number of aromatic nitrogens is 2. The molecule has 3 aliphatic rings. The Morgan fingerprint density at radius 1 is 1.19 bits per heavy atom. The van der Waals surface area contributed by atoms with Crippen molar-refractivity contribution in [3.8, 4) is 0 Å². The highest BCUT2D eigenvalue weighted by Gasteiger charge is 2.51. The first-order valence-electron chi connectivity index (χ1n) is 13.3. The van der Waals surface area contributed by atoms with Crippen LogP contribution in [0.25, 0.3) is 11.0 Å². The first-order chi connectivity index (χ1) is 17.2. The van der Waals surface area contributed by atoms with Crippen molar-refractivity contribution < 1.29 is 18.8 Å². The van der Waals surface area contributed by atoms with Gasteiger partial charge in [0.05, 0.1) is 18.0 Å². The molecular formula is C27H36FN5O3. The van der Waals surface area contributed by atoms with E-state index in [1.165, 1.54) is 25.3 Å². The first kappa shape index (κ1) is 24.7. The van der Waals surface area contributed by atoms with Crippen LogP contribution >= 0.6 is 0 Å². The lowest BCUT2D eigenvalue weighted by molar-refractivity contribution is -0.142. The van der Waals surface area contributed by atoms with E-state index in [0.717, 1.165) is 32.1 Å². The summed E-state index contributed by atoms with van der Waals surface area (Å²) in [6, 6.07) is 3.24. The van der Waals surface area contributed by atoms with Gasteiger partial charge in [0.15, 0.2) is 5.82 Å². The second kappa shape index (κ2) is 9.82. The van der Waals surface area contributed by atoms with Crippen LogP contribution in [-0.2, 0) is 14.4 Å². The fraction of sp³-hybridized carbons (Fsp3) is 0.630. The normalized spacial score (nSPS) is 23.0. The van der Waals surface area contributed by atoms with Gasteiger partial charge in [-0.1, -0.05) is 12.5 Å². The first-order valence-corrected chi connectivity index (χ1v) is 13.3. The summed E-state index contributed by atoms with van der Waals surface area (Å²) in [7, 11) is 0. The number of H-pyrrole nitrogens is 1. The standard InChI is InChI=1S/C27H36FN5O3/c1-16-7-3-4-12-33(16)22(34)13-21(31-25(35)18-14-27(15-18)10-6-11-27)26(36)29-17(2)24-30-20-9-5-8-19(28)23(20)32-24/h5,8-9,16-18,21H,3-4,6-7,10-15H2,1-2H3,(H,29,36)(H,30,32)(H,31,35)/t16-,17?,21?/m0/s1. The minimum atomic E-state index is -0.972. The van der Waals surface area contributed by atoms with E-state index < -0.39 is 23.8 Å². The SMILES string of the molecule is CC(NC(=O)C(CC(=O)N1CCCC[C@@H]1C)NC(=O)C1CC2(CCC2)C1)c1nc2c(F)cccc2[nH]1. The van der Waals surface area contributed by atoms with E-state index in [0.29, 0.717) is 23.3 Å². The molecule has 2 unspecified atom stereocenters. The largest absolute Gasteiger partial charge is 0.345 e. The number of halogens is 1. The van der Waals surface area contributed by atoms with Crippen molar-refractivity contribution >= 4 is 28.8 Å². The fourth-order valence-electron chi connectivity index (χ4n) is 6.12. The van der Waals surface area contributed by atoms with Crippen LogP contribution in [-0.4, -0.2) is 51.2 Å².